The highest BCUT2D eigenvalue weighted by molar-refractivity contribution is 7.92. The van der Waals surface area contributed by atoms with Crippen LogP contribution in [0.1, 0.15) is 28.8 Å². The summed E-state index contributed by atoms with van der Waals surface area (Å²) in [6, 6.07) is 13.0. The molecule has 0 saturated carbocycles. The van der Waals surface area contributed by atoms with Crippen molar-refractivity contribution in [2.75, 3.05) is 38.1 Å². The molecular weight excluding hydrogens is 543 g/mol. The summed E-state index contributed by atoms with van der Waals surface area (Å²) in [5.74, 6) is -2.99. The van der Waals surface area contributed by atoms with E-state index in [1.165, 1.54) is 0 Å². The fourth-order valence-corrected chi connectivity index (χ4v) is 4.62. The number of ether oxygens (including phenoxy) is 1. The van der Waals surface area contributed by atoms with Gasteiger partial charge >= 0.3 is 12.1 Å². The topological polar surface area (TPSA) is 142 Å². The Kier molecular flexibility index (Phi) is 11.3. The molecule has 2 amide bonds. The Hall–Kier alpha value is -3.65. The molecule has 1 heterocycles. The Balaban J connectivity index is 0.000000673. The number of anilines is 1. The summed E-state index contributed by atoms with van der Waals surface area (Å²) in [7, 11) is -2.11. The summed E-state index contributed by atoms with van der Waals surface area (Å²) >= 11 is 0. The van der Waals surface area contributed by atoms with Gasteiger partial charge in [0.2, 0.25) is 5.91 Å². The average Bonchev–Trinajstić information content (AvgIpc) is 2.89. The number of aliphatic carboxylic acids is 1. The van der Waals surface area contributed by atoms with Crippen molar-refractivity contribution < 1.29 is 45.8 Å². The number of likely N-dealkylation sites (tertiary alicyclic amines) is 1. The minimum atomic E-state index is -5.08. The van der Waals surface area contributed by atoms with Crippen molar-refractivity contribution in [2.24, 2.45) is 5.92 Å². The number of halogens is 3. The van der Waals surface area contributed by atoms with E-state index in [-0.39, 0.29) is 22.6 Å². The second-order valence-corrected chi connectivity index (χ2v) is 10.3. The number of carboxylic acid groups (broad SMARTS) is 1. The van der Waals surface area contributed by atoms with Gasteiger partial charge in [0, 0.05) is 43.9 Å². The molecule has 1 fully saturated rings. The SMILES string of the molecule is COCCNC(=O)C1CCN(C(=O)c2ccc(NS(=O)(=O)c3ccc(C)cc3)cc2)CC1.O=C(O)C(F)(F)F. The smallest absolute Gasteiger partial charge is 0.475 e. The van der Waals surface area contributed by atoms with Crippen molar-refractivity contribution in [3.8, 4) is 0 Å². The highest BCUT2D eigenvalue weighted by atomic mass is 32.2. The normalized spacial score (nSPS) is 14.1. The van der Waals surface area contributed by atoms with Crippen molar-refractivity contribution in [2.45, 2.75) is 30.8 Å². The number of amides is 2. The maximum atomic E-state index is 12.8. The van der Waals surface area contributed by atoms with Crippen LogP contribution in [0.15, 0.2) is 53.4 Å². The monoisotopic (exact) mass is 573 g/mol. The van der Waals surface area contributed by atoms with Crippen molar-refractivity contribution >= 4 is 33.5 Å². The molecule has 3 rings (SSSR count). The van der Waals surface area contributed by atoms with E-state index in [0.29, 0.717) is 50.3 Å². The molecule has 1 aliphatic heterocycles. The Morgan fingerprint density at radius 3 is 2.05 bits per heavy atom. The van der Waals surface area contributed by atoms with Gasteiger partial charge < -0.3 is 20.1 Å². The van der Waals surface area contributed by atoms with Gasteiger partial charge in [-0.15, -0.1) is 0 Å². The summed E-state index contributed by atoms with van der Waals surface area (Å²) < 4.78 is 64.2. The van der Waals surface area contributed by atoms with Crippen LogP contribution in [0.5, 0.6) is 0 Å². The number of benzene rings is 2. The Morgan fingerprint density at radius 2 is 1.56 bits per heavy atom. The molecule has 0 atom stereocenters. The van der Waals surface area contributed by atoms with Gasteiger partial charge in [-0.05, 0) is 56.2 Å². The molecule has 0 aromatic heterocycles. The number of nitrogens with zero attached hydrogens (tertiary/aromatic N) is 1. The first-order valence-corrected chi connectivity index (χ1v) is 13.3. The molecule has 0 aliphatic carbocycles. The summed E-state index contributed by atoms with van der Waals surface area (Å²) in [5, 5.41) is 9.97. The molecule has 0 unspecified atom stereocenters. The van der Waals surface area contributed by atoms with Gasteiger partial charge in [0.25, 0.3) is 15.9 Å². The van der Waals surface area contributed by atoms with E-state index >= 15 is 0 Å². The molecule has 0 bridgehead atoms. The molecule has 2 aromatic rings. The molecule has 214 valence electrons. The lowest BCUT2D eigenvalue weighted by Gasteiger charge is -2.31. The maximum Gasteiger partial charge on any atom is 0.490 e. The number of sulfonamides is 1. The van der Waals surface area contributed by atoms with Crippen molar-refractivity contribution in [3.63, 3.8) is 0 Å². The first-order chi connectivity index (χ1) is 18.2. The van der Waals surface area contributed by atoms with Crippen molar-refractivity contribution in [1.29, 1.82) is 0 Å². The number of alkyl halides is 3. The number of methoxy groups -OCH3 is 1. The van der Waals surface area contributed by atoms with Gasteiger partial charge in [-0.1, -0.05) is 17.7 Å². The lowest BCUT2D eigenvalue weighted by atomic mass is 9.95. The van der Waals surface area contributed by atoms with Crippen molar-refractivity contribution in [1.82, 2.24) is 10.2 Å². The molecule has 0 radical (unpaired) electrons. The minimum absolute atomic E-state index is 0.000591. The molecule has 2 aromatic carbocycles. The van der Waals surface area contributed by atoms with Gasteiger partial charge in [0.15, 0.2) is 0 Å². The fraction of sp³-hybridized carbons (Fsp3) is 0.400. The molecule has 39 heavy (non-hydrogen) atoms. The molecule has 3 N–H and O–H groups in total. The van der Waals surface area contributed by atoms with Crippen LogP contribution in [-0.2, 0) is 24.3 Å². The molecule has 1 aliphatic rings. The van der Waals surface area contributed by atoms with Crippen LogP contribution in [0, 0.1) is 12.8 Å². The third-order valence-electron chi connectivity index (χ3n) is 5.72. The van der Waals surface area contributed by atoms with Crippen molar-refractivity contribution in [3.05, 3.63) is 59.7 Å². The van der Waals surface area contributed by atoms with E-state index in [1.807, 2.05) is 6.92 Å². The van der Waals surface area contributed by atoms with Crippen LogP contribution in [0.3, 0.4) is 0 Å². The van der Waals surface area contributed by atoms with Gasteiger partial charge in [-0.3, -0.25) is 14.3 Å². The lowest BCUT2D eigenvalue weighted by Crippen LogP contribution is -2.43. The van der Waals surface area contributed by atoms with Crippen LogP contribution < -0.4 is 10.0 Å². The summed E-state index contributed by atoms with van der Waals surface area (Å²) in [6.45, 7) is 3.85. The minimum Gasteiger partial charge on any atom is -0.475 e. The van der Waals surface area contributed by atoms with Crippen LogP contribution in [0.25, 0.3) is 0 Å². The lowest BCUT2D eigenvalue weighted by molar-refractivity contribution is -0.192. The van der Waals surface area contributed by atoms with Gasteiger partial charge in [-0.25, -0.2) is 13.2 Å². The van der Waals surface area contributed by atoms with Gasteiger partial charge in [0.1, 0.15) is 0 Å². The zero-order valence-corrected chi connectivity index (χ0v) is 22.1. The Bertz CT molecular complexity index is 1230. The number of hydrogen-bond donors (Lipinski definition) is 3. The van der Waals surface area contributed by atoms with Crippen LogP contribution in [0.2, 0.25) is 0 Å². The van der Waals surface area contributed by atoms with E-state index in [9.17, 15) is 31.2 Å². The molecular formula is C25H30F3N3O7S. The Labute approximate surface area is 224 Å². The maximum absolute atomic E-state index is 12.8. The number of rotatable bonds is 8. The number of carboxylic acids is 1. The van der Waals surface area contributed by atoms with Crippen LogP contribution in [-0.4, -0.2) is 75.7 Å². The fourth-order valence-electron chi connectivity index (χ4n) is 3.56. The summed E-state index contributed by atoms with van der Waals surface area (Å²) in [4.78, 5) is 35.8. The first-order valence-electron chi connectivity index (χ1n) is 11.8. The first kappa shape index (κ1) is 31.6. The number of aryl methyl sites for hydroxylation is 1. The highest BCUT2D eigenvalue weighted by Crippen LogP contribution is 2.21. The second kappa shape index (κ2) is 13.9. The quantitative estimate of drug-likeness (QED) is 0.412. The molecule has 10 nitrogen and oxygen atoms in total. The zero-order valence-electron chi connectivity index (χ0n) is 21.3. The largest absolute Gasteiger partial charge is 0.490 e. The predicted octanol–water partition coefficient (Wildman–Crippen LogP) is 3.04. The Morgan fingerprint density at radius 1 is 1.03 bits per heavy atom. The predicted molar refractivity (Wildman–Crippen MR) is 136 cm³/mol. The highest BCUT2D eigenvalue weighted by Gasteiger charge is 2.38. The third-order valence-corrected chi connectivity index (χ3v) is 7.11. The van der Waals surface area contributed by atoms with E-state index in [4.69, 9.17) is 14.6 Å². The van der Waals surface area contributed by atoms with Crippen LogP contribution in [0.4, 0.5) is 18.9 Å². The standard InChI is InChI=1S/C23H29N3O5S.C2HF3O2/c1-17-3-9-21(10-4-17)32(29,30)25-20-7-5-19(6-8-20)23(28)26-14-11-18(12-15-26)22(27)24-13-16-31-2;3-2(4,5)1(6)7/h3-10,18,25H,11-16H2,1-2H3,(H,24,27);(H,6,7). The van der Waals surface area contributed by atoms with E-state index < -0.39 is 22.2 Å². The number of piperidine rings is 1. The van der Waals surface area contributed by atoms with E-state index in [0.717, 1.165) is 5.56 Å². The number of carbonyl (C=O) groups excluding carboxylic acids is 2. The summed E-state index contributed by atoms with van der Waals surface area (Å²) in [5.41, 5.74) is 1.84. The van der Waals surface area contributed by atoms with Gasteiger partial charge in [-0.2, -0.15) is 13.2 Å². The van der Waals surface area contributed by atoms with Gasteiger partial charge in [0.05, 0.1) is 11.5 Å². The number of hydrogen-bond acceptors (Lipinski definition) is 6. The van der Waals surface area contributed by atoms with E-state index in [1.54, 1.807) is 60.5 Å². The third kappa shape index (κ3) is 9.87. The number of nitrogens with one attached hydrogen (secondary N) is 2. The molecule has 0 spiro atoms. The molecule has 1 saturated heterocycles. The molecule has 14 heteroatoms. The van der Waals surface area contributed by atoms with Crippen LogP contribution >= 0.6 is 0 Å². The number of carbonyl (C=O) groups is 3. The van der Waals surface area contributed by atoms with E-state index in [2.05, 4.69) is 10.0 Å². The average molecular weight is 574 g/mol. The summed E-state index contributed by atoms with van der Waals surface area (Å²) in [6.07, 6.45) is -3.86. The second-order valence-electron chi connectivity index (χ2n) is 8.65. The zero-order chi connectivity index (χ0) is 29.2.